The average molecular weight is 210 g/mol. The van der Waals surface area contributed by atoms with Crippen molar-refractivity contribution in [2.24, 2.45) is 0 Å². The Morgan fingerprint density at radius 2 is 2.27 bits per heavy atom. The van der Waals surface area contributed by atoms with Crippen LogP contribution in [0.1, 0.15) is 13.3 Å². The molecule has 0 radical (unpaired) electrons. The summed E-state index contributed by atoms with van der Waals surface area (Å²) in [6, 6.07) is -0.196. The normalized spacial score (nSPS) is 21.7. The van der Waals surface area contributed by atoms with E-state index in [0.29, 0.717) is 12.4 Å². The number of amides is 2. The van der Waals surface area contributed by atoms with Crippen LogP contribution in [0.3, 0.4) is 0 Å². The maximum atomic E-state index is 11.8. The van der Waals surface area contributed by atoms with Gasteiger partial charge in [-0.25, -0.2) is 20.2 Å². The second-order valence-corrected chi connectivity index (χ2v) is 3.55. The molecule has 2 heterocycles. The summed E-state index contributed by atoms with van der Waals surface area (Å²) in [6.45, 7) is 2.73. The van der Waals surface area contributed by atoms with Crippen LogP contribution in [0.25, 0.3) is 0 Å². The van der Waals surface area contributed by atoms with Crippen LogP contribution in [0, 0.1) is 0 Å². The molecule has 2 aliphatic heterocycles. The summed E-state index contributed by atoms with van der Waals surface area (Å²) in [4.78, 5) is 23.2. The lowest BCUT2D eigenvalue weighted by atomic mass is 10.2. The second kappa shape index (κ2) is 3.63. The zero-order valence-corrected chi connectivity index (χ0v) is 8.86. The number of Topliss-reactive ketones (excluding diaryl/α,β-unsaturated/α-hetero) is 1. The van der Waals surface area contributed by atoms with E-state index in [-0.39, 0.29) is 11.8 Å². The number of nitrogens with one attached hydrogen (secondary N) is 1. The number of urea groups is 1. The molecule has 1 N–H and O–H groups in total. The Kier molecular flexibility index (Phi) is 2.45. The van der Waals surface area contributed by atoms with Crippen molar-refractivity contribution >= 4 is 11.8 Å². The zero-order valence-electron chi connectivity index (χ0n) is 8.86. The molecule has 1 fully saturated rings. The Morgan fingerprint density at radius 1 is 1.53 bits per heavy atom. The number of carbonyl (C=O) groups is 2. The molecule has 2 amide bonds. The van der Waals surface area contributed by atoms with E-state index in [1.165, 1.54) is 16.9 Å². The molecule has 0 bridgehead atoms. The highest BCUT2D eigenvalue weighted by Crippen LogP contribution is 2.23. The number of hydrogen-bond acceptors (Lipinski definition) is 4. The van der Waals surface area contributed by atoms with Crippen LogP contribution >= 0.6 is 0 Å². The smallest absolute Gasteiger partial charge is 0.293 e. The van der Waals surface area contributed by atoms with Gasteiger partial charge in [0.05, 0.1) is 0 Å². The first kappa shape index (κ1) is 10.1. The minimum atomic E-state index is -0.196. The Hall–Kier alpha value is -1.40. The molecule has 0 aliphatic carbocycles. The van der Waals surface area contributed by atoms with E-state index >= 15 is 0 Å². The summed E-state index contributed by atoms with van der Waals surface area (Å²) >= 11 is 0. The predicted molar refractivity (Wildman–Crippen MR) is 53.1 cm³/mol. The number of hydrazine groups is 2. The van der Waals surface area contributed by atoms with Crippen LogP contribution in [0.2, 0.25) is 0 Å². The van der Waals surface area contributed by atoms with Gasteiger partial charge in [-0.2, -0.15) is 5.01 Å². The number of carbonyl (C=O) groups excluding carboxylic acids is 2. The molecular formula is C9H14N4O2. The van der Waals surface area contributed by atoms with Gasteiger partial charge in [0.15, 0.2) is 5.78 Å². The maximum Gasteiger partial charge on any atom is 0.355 e. The van der Waals surface area contributed by atoms with Gasteiger partial charge < -0.3 is 0 Å². The second-order valence-electron chi connectivity index (χ2n) is 3.55. The molecule has 15 heavy (non-hydrogen) atoms. The summed E-state index contributed by atoms with van der Waals surface area (Å²) in [5.74, 6) is -0.0778. The van der Waals surface area contributed by atoms with Crippen LogP contribution in [0.4, 0.5) is 4.79 Å². The minimum Gasteiger partial charge on any atom is -0.293 e. The van der Waals surface area contributed by atoms with E-state index in [0.717, 1.165) is 13.0 Å². The summed E-state index contributed by atoms with van der Waals surface area (Å²) in [5.41, 5.74) is 3.27. The van der Waals surface area contributed by atoms with Crippen LogP contribution in [0.15, 0.2) is 11.8 Å². The standard InChI is InChI=1S/C9H14N4O2/c1-7(14)8-4-3-5-11-6-12(10-2)9(15)13(8)11/h4,10H,3,5-6H2,1-2H3. The van der Waals surface area contributed by atoms with Crippen molar-refractivity contribution in [2.45, 2.75) is 13.3 Å². The first-order valence-corrected chi connectivity index (χ1v) is 4.90. The topological polar surface area (TPSA) is 55.9 Å². The van der Waals surface area contributed by atoms with Gasteiger partial charge in [-0.3, -0.25) is 4.79 Å². The molecule has 82 valence electrons. The Bertz CT molecular complexity index is 339. The summed E-state index contributed by atoms with van der Waals surface area (Å²) in [6.07, 6.45) is 2.62. The Labute approximate surface area is 88.1 Å². The van der Waals surface area contributed by atoms with Crippen molar-refractivity contribution in [1.29, 1.82) is 0 Å². The fourth-order valence-electron chi connectivity index (χ4n) is 1.84. The number of hydrogen-bond donors (Lipinski definition) is 1. The lowest BCUT2D eigenvalue weighted by molar-refractivity contribution is -0.116. The van der Waals surface area contributed by atoms with Gasteiger partial charge >= 0.3 is 6.03 Å². The third kappa shape index (κ3) is 1.51. The van der Waals surface area contributed by atoms with E-state index in [1.54, 1.807) is 7.05 Å². The van der Waals surface area contributed by atoms with E-state index in [1.807, 2.05) is 11.1 Å². The van der Waals surface area contributed by atoms with Crippen LogP contribution < -0.4 is 5.43 Å². The first-order valence-electron chi connectivity index (χ1n) is 4.90. The quantitative estimate of drug-likeness (QED) is 0.692. The van der Waals surface area contributed by atoms with Crippen molar-refractivity contribution < 1.29 is 9.59 Å². The molecule has 0 spiro atoms. The molecule has 2 aliphatic rings. The van der Waals surface area contributed by atoms with Crippen molar-refractivity contribution in [3.8, 4) is 0 Å². The zero-order chi connectivity index (χ0) is 11.0. The largest absolute Gasteiger partial charge is 0.355 e. The third-order valence-electron chi connectivity index (χ3n) is 2.58. The van der Waals surface area contributed by atoms with Crippen molar-refractivity contribution in [2.75, 3.05) is 20.3 Å². The molecule has 6 heteroatoms. The number of ketones is 1. The number of nitrogens with zero attached hydrogens (tertiary/aromatic N) is 3. The van der Waals surface area contributed by atoms with Crippen LogP contribution in [-0.2, 0) is 4.79 Å². The van der Waals surface area contributed by atoms with Crippen molar-refractivity contribution in [1.82, 2.24) is 20.5 Å². The van der Waals surface area contributed by atoms with Gasteiger partial charge in [0.1, 0.15) is 12.4 Å². The SMILES string of the molecule is CNN1CN2CCC=C(C(C)=O)N2C1=O. The fourth-order valence-corrected chi connectivity index (χ4v) is 1.84. The highest BCUT2D eigenvalue weighted by Gasteiger charge is 2.39. The molecule has 0 aromatic carbocycles. The van der Waals surface area contributed by atoms with Gasteiger partial charge in [0, 0.05) is 20.5 Å². The number of fused-ring (bicyclic) bond motifs is 1. The minimum absolute atomic E-state index is 0.0778. The van der Waals surface area contributed by atoms with Crippen molar-refractivity contribution in [3.05, 3.63) is 11.8 Å². The van der Waals surface area contributed by atoms with E-state index in [4.69, 9.17) is 0 Å². The number of allylic oxidation sites excluding steroid dienone is 1. The summed E-state index contributed by atoms with van der Waals surface area (Å²) in [5, 5.41) is 4.78. The molecule has 1 saturated heterocycles. The van der Waals surface area contributed by atoms with Crippen molar-refractivity contribution in [3.63, 3.8) is 0 Å². The van der Waals surface area contributed by atoms with E-state index in [9.17, 15) is 9.59 Å². The molecule has 0 aromatic rings. The lowest BCUT2D eigenvalue weighted by Crippen LogP contribution is -2.43. The van der Waals surface area contributed by atoms with Gasteiger partial charge in [0.25, 0.3) is 0 Å². The van der Waals surface area contributed by atoms with E-state index < -0.39 is 0 Å². The Morgan fingerprint density at radius 3 is 2.87 bits per heavy atom. The monoisotopic (exact) mass is 210 g/mol. The molecule has 0 aromatic heterocycles. The molecule has 2 rings (SSSR count). The molecule has 0 saturated carbocycles. The number of rotatable bonds is 2. The van der Waals surface area contributed by atoms with Gasteiger partial charge in [-0.05, 0) is 6.42 Å². The van der Waals surface area contributed by atoms with Gasteiger partial charge in [0.2, 0.25) is 0 Å². The molecule has 0 unspecified atom stereocenters. The van der Waals surface area contributed by atoms with E-state index in [2.05, 4.69) is 5.43 Å². The lowest BCUT2D eigenvalue weighted by Gasteiger charge is -2.29. The van der Waals surface area contributed by atoms with Crippen LogP contribution in [0.5, 0.6) is 0 Å². The molecule has 6 nitrogen and oxygen atoms in total. The first-order chi connectivity index (χ1) is 7.15. The highest BCUT2D eigenvalue weighted by atomic mass is 16.2. The fraction of sp³-hybridized carbons (Fsp3) is 0.556. The Balaban J connectivity index is 2.28. The maximum absolute atomic E-state index is 11.8. The third-order valence-corrected chi connectivity index (χ3v) is 2.58. The summed E-state index contributed by atoms with van der Waals surface area (Å²) < 4.78 is 0. The van der Waals surface area contributed by atoms with Gasteiger partial charge in [-0.1, -0.05) is 6.08 Å². The summed E-state index contributed by atoms with van der Waals surface area (Å²) in [7, 11) is 1.69. The molecule has 0 atom stereocenters. The van der Waals surface area contributed by atoms with Gasteiger partial charge in [-0.15, -0.1) is 0 Å². The highest BCUT2D eigenvalue weighted by molar-refractivity contribution is 5.97. The van der Waals surface area contributed by atoms with Crippen LogP contribution in [-0.4, -0.2) is 47.1 Å². The predicted octanol–water partition coefficient (Wildman–Crippen LogP) is -0.0905. The molecular weight excluding hydrogens is 196 g/mol. The average Bonchev–Trinajstić information content (AvgIpc) is 2.55.